The number of nitrogens with zero attached hydrogens (tertiary/aromatic N) is 2. The summed E-state index contributed by atoms with van der Waals surface area (Å²) in [5.41, 5.74) is 0.771. The average molecular weight is 326 g/mol. The summed E-state index contributed by atoms with van der Waals surface area (Å²) in [7, 11) is 0. The summed E-state index contributed by atoms with van der Waals surface area (Å²) in [4.78, 5) is 13.3. The van der Waals surface area contributed by atoms with Crippen LogP contribution in [0.1, 0.15) is 5.56 Å². The van der Waals surface area contributed by atoms with E-state index in [4.69, 9.17) is 23.3 Å². The third-order valence-corrected chi connectivity index (χ3v) is 3.25. The molecule has 0 aliphatic rings. The molecule has 0 bridgehead atoms. The van der Waals surface area contributed by atoms with Crippen molar-refractivity contribution in [1.82, 2.24) is 4.90 Å². The molecule has 0 saturated carbocycles. The molecule has 1 aromatic rings. The summed E-state index contributed by atoms with van der Waals surface area (Å²) in [6.07, 6.45) is 5.32. The minimum absolute atomic E-state index is 0.0127. The molecule has 0 heterocycles. The van der Waals surface area contributed by atoms with Crippen LogP contribution in [0.15, 0.2) is 22.7 Å². The molecule has 0 aliphatic heterocycles. The molecule has 0 saturated heterocycles. The van der Waals surface area contributed by atoms with Gasteiger partial charge in [-0.2, -0.15) is 5.26 Å². The second kappa shape index (κ2) is 7.06. The Balaban J connectivity index is 2.83. The molecule has 0 fully saturated rings. The first-order valence-electron chi connectivity index (χ1n) is 5.10. The zero-order valence-corrected chi connectivity index (χ0v) is 11.8. The summed E-state index contributed by atoms with van der Waals surface area (Å²) in [6, 6.07) is 7.14. The van der Waals surface area contributed by atoms with Gasteiger partial charge in [0.15, 0.2) is 0 Å². The van der Waals surface area contributed by atoms with Gasteiger partial charge in [0, 0.05) is 9.50 Å². The molecule has 0 aliphatic carbocycles. The number of nitriles is 1. The second-order valence-electron chi connectivity index (χ2n) is 3.52. The SMILES string of the molecule is C#CCN(CC#N)C(=O)Cc1cc(Cl)ccc1Br. The fourth-order valence-electron chi connectivity index (χ4n) is 1.38. The summed E-state index contributed by atoms with van der Waals surface area (Å²) in [5, 5.41) is 9.19. The zero-order valence-electron chi connectivity index (χ0n) is 9.49. The van der Waals surface area contributed by atoms with Crippen molar-refractivity contribution in [3.05, 3.63) is 33.3 Å². The quantitative estimate of drug-likeness (QED) is 0.631. The molecule has 3 nitrogen and oxygen atoms in total. The standard InChI is InChI=1S/C13H10BrClN2O/c1-2-6-17(7-5-16)13(18)9-10-8-11(15)3-4-12(10)14/h1,3-4,8H,6-7,9H2. The van der Waals surface area contributed by atoms with Crippen LogP contribution in [0.2, 0.25) is 5.02 Å². The monoisotopic (exact) mass is 324 g/mol. The van der Waals surface area contributed by atoms with Crippen molar-refractivity contribution in [2.75, 3.05) is 13.1 Å². The molecule has 92 valence electrons. The Morgan fingerprint density at radius 3 is 2.83 bits per heavy atom. The topological polar surface area (TPSA) is 44.1 Å². The Kier molecular flexibility index (Phi) is 5.71. The molecule has 0 atom stereocenters. The zero-order chi connectivity index (χ0) is 13.5. The largest absolute Gasteiger partial charge is 0.318 e. The first kappa shape index (κ1) is 14.6. The van der Waals surface area contributed by atoms with Gasteiger partial charge in [-0.3, -0.25) is 4.79 Å². The molecule has 18 heavy (non-hydrogen) atoms. The lowest BCUT2D eigenvalue weighted by atomic mass is 10.1. The minimum Gasteiger partial charge on any atom is -0.318 e. The van der Waals surface area contributed by atoms with Crippen molar-refractivity contribution in [2.45, 2.75) is 6.42 Å². The molecule has 1 aromatic carbocycles. The van der Waals surface area contributed by atoms with Crippen molar-refractivity contribution in [2.24, 2.45) is 0 Å². The Bertz CT molecular complexity index is 515. The van der Waals surface area contributed by atoms with Crippen LogP contribution in [-0.2, 0) is 11.2 Å². The predicted molar refractivity (Wildman–Crippen MR) is 73.9 cm³/mol. The summed E-state index contributed by atoms with van der Waals surface area (Å²) in [5.74, 6) is 2.16. The molecule has 0 unspecified atom stereocenters. The minimum atomic E-state index is -0.197. The Labute approximate surface area is 119 Å². The van der Waals surface area contributed by atoms with E-state index >= 15 is 0 Å². The van der Waals surface area contributed by atoms with Gasteiger partial charge < -0.3 is 4.90 Å². The van der Waals surface area contributed by atoms with Crippen LogP contribution >= 0.6 is 27.5 Å². The molecule has 1 amide bonds. The Morgan fingerprint density at radius 1 is 1.50 bits per heavy atom. The van der Waals surface area contributed by atoms with Gasteiger partial charge in [-0.25, -0.2) is 0 Å². The highest BCUT2D eigenvalue weighted by molar-refractivity contribution is 9.10. The van der Waals surface area contributed by atoms with E-state index in [2.05, 4.69) is 21.9 Å². The van der Waals surface area contributed by atoms with E-state index in [1.54, 1.807) is 18.2 Å². The lowest BCUT2D eigenvalue weighted by Crippen LogP contribution is -2.33. The van der Waals surface area contributed by atoms with Gasteiger partial charge >= 0.3 is 0 Å². The maximum atomic E-state index is 12.0. The molecule has 0 N–H and O–H groups in total. The highest BCUT2D eigenvalue weighted by Crippen LogP contribution is 2.22. The van der Waals surface area contributed by atoms with E-state index in [1.165, 1.54) is 4.90 Å². The summed E-state index contributed by atoms with van der Waals surface area (Å²) < 4.78 is 0.804. The van der Waals surface area contributed by atoms with Crippen molar-refractivity contribution >= 4 is 33.4 Å². The number of hydrogen-bond acceptors (Lipinski definition) is 2. The Hall–Kier alpha value is -1.49. The van der Waals surface area contributed by atoms with Crippen molar-refractivity contribution in [1.29, 1.82) is 5.26 Å². The normalized spacial score (nSPS) is 9.33. The Morgan fingerprint density at radius 2 is 2.22 bits per heavy atom. The molecule has 1 rings (SSSR count). The third-order valence-electron chi connectivity index (χ3n) is 2.25. The molecule has 0 radical (unpaired) electrons. The van der Waals surface area contributed by atoms with Gasteiger partial charge in [0.2, 0.25) is 5.91 Å². The number of carbonyl (C=O) groups is 1. The van der Waals surface area contributed by atoms with E-state index in [1.807, 2.05) is 6.07 Å². The van der Waals surface area contributed by atoms with E-state index < -0.39 is 0 Å². The van der Waals surface area contributed by atoms with Gasteiger partial charge in [0.1, 0.15) is 6.54 Å². The van der Waals surface area contributed by atoms with Gasteiger partial charge in [-0.1, -0.05) is 33.5 Å². The molecular formula is C13H10BrClN2O. The highest BCUT2D eigenvalue weighted by atomic mass is 79.9. The lowest BCUT2D eigenvalue weighted by Gasteiger charge is -2.17. The van der Waals surface area contributed by atoms with E-state index in [0.29, 0.717) is 5.02 Å². The summed E-state index contributed by atoms with van der Waals surface area (Å²) in [6.45, 7) is 0.117. The van der Waals surface area contributed by atoms with Crippen LogP contribution in [-0.4, -0.2) is 23.9 Å². The molecule has 0 aromatic heterocycles. The van der Waals surface area contributed by atoms with E-state index in [9.17, 15) is 4.79 Å². The number of amides is 1. The number of rotatable bonds is 4. The highest BCUT2D eigenvalue weighted by Gasteiger charge is 2.14. The van der Waals surface area contributed by atoms with Crippen LogP contribution in [0, 0.1) is 23.7 Å². The molecule has 0 spiro atoms. The fourth-order valence-corrected chi connectivity index (χ4v) is 1.96. The first-order chi connectivity index (χ1) is 8.58. The molecule has 5 heteroatoms. The van der Waals surface area contributed by atoms with Gasteiger partial charge in [-0.15, -0.1) is 6.42 Å². The predicted octanol–water partition coefficient (Wildman–Crippen LogP) is 2.63. The van der Waals surface area contributed by atoms with Crippen LogP contribution < -0.4 is 0 Å². The van der Waals surface area contributed by atoms with Gasteiger partial charge in [-0.05, 0) is 23.8 Å². The number of carbonyl (C=O) groups excluding carboxylic acids is 1. The van der Waals surface area contributed by atoms with E-state index in [-0.39, 0.29) is 25.4 Å². The van der Waals surface area contributed by atoms with Crippen molar-refractivity contribution in [3.8, 4) is 18.4 Å². The van der Waals surface area contributed by atoms with Crippen LogP contribution in [0.4, 0.5) is 0 Å². The van der Waals surface area contributed by atoms with E-state index in [0.717, 1.165) is 10.0 Å². The van der Waals surface area contributed by atoms with Gasteiger partial charge in [0.05, 0.1) is 19.0 Å². The maximum absolute atomic E-state index is 12.0. The van der Waals surface area contributed by atoms with Gasteiger partial charge in [0.25, 0.3) is 0 Å². The third kappa shape index (κ3) is 4.07. The average Bonchev–Trinajstić information content (AvgIpc) is 2.33. The number of hydrogen-bond donors (Lipinski definition) is 0. The second-order valence-corrected chi connectivity index (χ2v) is 4.82. The first-order valence-corrected chi connectivity index (χ1v) is 6.27. The number of halogens is 2. The smallest absolute Gasteiger partial charge is 0.228 e. The van der Waals surface area contributed by atoms with Crippen molar-refractivity contribution in [3.63, 3.8) is 0 Å². The fraction of sp³-hybridized carbons (Fsp3) is 0.231. The van der Waals surface area contributed by atoms with Crippen LogP contribution in [0.25, 0.3) is 0 Å². The lowest BCUT2D eigenvalue weighted by molar-refractivity contribution is -0.129. The summed E-state index contributed by atoms with van der Waals surface area (Å²) >= 11 is 9.22. The van der Waals surface area contributed by atoms with Crippen LogP contribution in [0.5, 0.6) is 0 Å². The van der Waals surface area contributed by atoms with Crippen LogP contribution in [0.3, 0.4) is 0 Å². The molecular weight excluding hydrogens is 316 g/mol. The number of benzene rings is 1. The maximum Gasteiger partial charge on any atom is 0.228 e. The van der Waals surface area contributed by atoms with Crippen molar-refractivity contribution < 1.29 is 4.79 Å². The number of terminal acetylenes is 1.